The second-order valence-corrected chi connectivity index (χ2v) is 15.6. The molecule has 6 aliphatic heterocycles. The SMILES string of the molecule is COC[C@@H]1O[C@H](C)C[C@H]1O.COC[C@@H]1O[C@H](C)[C@H](F)[C@H]1O.CO[C@@H]1C[C@@H](C)O[C@H]1CO.CO[C@@H]1O[C@H](C)C[C@H]1O.CO[C@@H]1O[C@H](C)[C@H](F)[C@H]1O.CO[C@@H]1[C@@H](F)[C@@H](C)O[C@H]1CO. The maximum atomic E-state index is 13.1. The van der Waals surface area contributed by atoms with Crippen LogP contribution in [0.4, 0.5) is 13.2 Å². The second-order valence-electron chi connectivity index (χ2n) is 15.6. The number of rotatable bonds is 10. The smallest absolute Gasteiger partial charge is 0.186 e. The van der Waals surface area contributed by atoms with Gasteiger partial charge in [0.15, 0.2) is 31.1 Å². The van der Waals surface area contributed by atoms with Gasteiger partial charge in [-0.05, 0) is 41.5 Å². The molecule has 0 aromatic rings. The van der Waals surface area contributed by atoms with Gasteiger partial charge in [-0.2, -0.15) is 0 Å². The maximum Gasteiger partial charge on any atom is 0.186 e. The molecule has 0 bridgehead atoms. The number of hydrogen-bond acceptors (Lipinski definition) is 18. The van der Waals surface area contributed by atoms with Crippen molar-refractivity contribution in [3.8, 4) is 0 Å². The number of halogens is 3. The summed E-state index contributed by atoms with van der Waals surface area (Å²) in [5.41, 5.74) is 0. The molecule has 0 aliphatic carbocycles. The fourth-order valence-electron chi connectivity index (χ4n) is 7.15. The number of alkyl halides is 3. The highest BCUT2D eigenvalue weighted by Crippen LogP contribution is 2.27. The molecule has 18 nitrogen and oxygen atoms in total. The zero-order valence-corrected chi connectivity index (χ0v) is 37.8. The normalized spacial score (nSPS) is 43.7. The van der Waals surface area contributed by atoms with Gasteiger partial charge in [0.25, 0.3) is 0 Å². The van der Waals surface area contributed by atoms with Crippen LogP contribution >= 0.6 is 0 Å². The van der Waals surface area contributed by atoms with Crippen LogP contribution in [0, 0.1) is 0 Å². The largest absolute Gasteiger partial charge is 0.394 e. The lowest BCUT2D eigenvalue weighted by molar-refractivity contribution is -0.145. The summed E-state index contributed by atoms with van der Waals surface area (Å²) >= 11 is 0. The molecule has 0 aromatic heterocycles. The Morgan fingerprint density at radius 3 is 1.25 bits per heavy atom. The molecule has 61 heavy (non-hydrogen) atoms. The van der Waals surface area contributed by atoms with E-state index in [0.717, 1.165) is 12.8 Å². The topological polar surface area (TPSA) is 232 Å². The van der Waals surface area contributed by atoms with Gasteiger partial charge in [0.2, 0.25) is 0 Å². The van der Waals surface area contributed by atoms with Gasteiger partial charge in [-0.1, -0.05) is 0 Å². The lowest BCUT2D eigenvalue weighted by Crippen LogP contribution is -2.32. The average Bonchev–Trinajstić information content (AvgIpc) is 4.05. The molecule has 0 radical (unpaired) electrons. The molecular formula is C40H77F3O18. The molecule has 6 saturated heterocycles. The number of methoxy groups -OCH3 is 6. The van der Waals surface area contributed by atoms with Crippen LogP contribution in [0.25, 0.3) is 0 Å². The van der Waals surface area contributed by atoms with Crippen molar-refractivity contribution in [2.24, 2.45) is 0 Å². The first-order chi connectivity index (χ1) is 28.8. The fourth-order valence-corrected chi connectivity index (χ4v) is 7.15. The molecule has 6 heterocycles. The Morgan fingerprint density at radius 1 is 0.459 bits per heavy atom. The Kier molecular flexibility index (Phi) is 28.9. The van der Waals surface area contributed by atoms with E-state index in [-0.39, 0.29) is 62.5 Å². The molecule has 0 spiro atoms. The highest BCUT2D eigenvalue weighted by Gasteiger charge is 2.44. The van der Waals surface area contributed by atoms with E-state index in [1.165, 1.54) is 28.4 Å². The number of ether oxygens (including phenoxy) is 12. The summed E-state index contributed by atoms with van der Waals surface area (Å²) in [6.45, 7) is 11.3. The number of aliphatic hydroxyl groups is 6. The Bertz CT molecular complexity index is 1090. The minimum Gasteiger partial charge on any atom is -0.394 e. The monoisotopic (exact) mass is 903 g/mol. The van der Waals surface area contributed by atoms with Crippen molar-refractivity contribution in [3.05, 3.63) is 0 Å². The average molecular weight is 903 g/mol. The Morgan fingerprint density at radius 2 is 0.918 bits per heavy atom. The first-order valence-corrected chi connectivity index (χ1v) is 20.7. The molecule has 6 fully saturated rings. The van der Waals surface area contributed by atoms with Crippen LogP contribution in [0.3, 0.4) is 0 Å². The third kappa shape index (κ3) is 18.8. The standard InChI is InChI=1S/2C7H13FO3.2C7H14O3.C6H11FO3.C6H12O3/c1-4-6(8)7(9)5(11-4)3-10-2;1-4-6(8)7(10-2)5(3-9)11-4;1-5-3-6(8)7(10-5)4-9-2;1-5-3-6(9-2)7(4-8)10-5;1-3-4(7)5(8)6(9-2)10-3;1-4-3-5(7)6(8-2)9-4/h2*4-7,9H,3H2,1-2H3;2*5-8H,3-4H2,1-2H3;3-6,8H,1-2H3;4-7H,3H2,1-2H3/t2*4-,5+,6+,7+;2*5-,6-,7+;3-,4+,5-,6-;4-,5-,6-/m111111/s1. The second kappa shape index (κ2) is 30.3. The maximum absolute atomic E-state index is 13.1. The van der Waals surface area contributed by atoms with Crippen molar-refractivity contribution in [1.29, 1.82) is 0 Å². The molecule has 0 unspecified atom stereocenters. The molecule has 0 aromatic carbocycles. The van der Waals surface area contributed by atoms with E-state index in [9.17, 15) is 23.4 Å². The van der Waals surface area contributed by atoms with Crippen molar-refractivity contribution >= 4 is 0 Å². The van der Waals surface area contributed by atoms with Crippen molar-refractivity contribution < 1.29 is 101 Å². The molecule has 21 atom stereocenters. The van der Waals surface area contributed by atoms with Crippen molar-refractivity contribution in [3.63, 3.8) is 0 Å². The number of aliphatic hydroxyl groups excluding tert-OH is 6. The van der Waals surface area contributed by atoms with E-state index < -0.39 is 86.0 Å². The van der Waals surface area contributed by atoms with E-state index in [4.69, 9.17) is 72.5 Å². The van der Waals surface area contributed by atoms with Crippen molar-refractivity contribution in [1.82, 2.24) is 0 Å². The van der Waals surface area contributed by atoms with Gasteiger partial charge < -0.3 is 87.5 Å². The minimum atomic E-state index is -1.33. The van der Waals surface area contributed by atoms with Gasteiger partial charge in [0.05, 0.1) is 75.3 Å². The molecule has 6 N–H and O–H groups in total. The Hall–Kier alpha value is -0.930. The molecule has 21 heteroatoms. The zero-order valence-electron chi connectivity index (χ0n) is 37.8. The summed E-state index contributed by atoms with van der Waals surface area (Å²) in [7, 11) is 9.08. The summed E-state index contributed by atoms with van der Waals surface area (Å²) in [6, 6.07) is 0. The first-order valence-electron chi connectivity index (χ1n) is 20.7. The predicted molar refractivity (Wildman–Crippen MR) is 212 cm³/mol. The summed E-state index contributed by atoms with van der Waals surface area (Å²) in [5.74, 6) is 0. The summed E-state index contributed by atoms with van der Waals surface area (Å²) in [5, 5.41) is 54.1. The highest BCUT2D eigenvalue weighted by atomic mass is 19.1. The van der Waals surface area contributed by atoms with Gasteiger partial charge >= 0.3 is 0 Å². The molecule has 366 valence electrons. The van der Waals surface area contributed by atoms with Gasteiger partial charge in [-0.15, -0.1) is 0 Å². The minimum absolute atomic E-state index is 0.0584. The van der Waals surface area contributed by atoms with E-state index in [2.05, 4.69) is 4.74 Å². The van der Waals surface area contributed by atoms with Gasteiger partial charge in [-0.3, -0.25) is 0 Å². The molecule has 6 rings (SSSR count). The van der Waals surface area contributed by atoms with Crippen molar-refractivity contribution in [2.75, 3.05) is 69.1 Å². The predicted octanol–water partition coefficient (Wildman–Crippen LogP) is 0.786. The Labute approximate surface area is 359 Å². The van der Waals surface area contributed by atoms with Crippen LogP contribution in [0.15, 0.2) is 0 Å². The summed E-state index contributed by atoms with van der Waals surface area (Å²) in [6.07, 6.45) is -8.41. The third-order valence-corrected chi connectivity index (χ3v) is 10.6. The number of hydrogen-bond donors (Lipinski definition) is 6. The van der Waals surface area contributed by atoms with Crippen LogP contribution in [0.2, 0.25) is 0 Å². The van der Waals surface area contributed by atoms with E-state index >= 15 is 0 Å². The fraction of sp³-hybridized carbons (Fsp3) is 1.00. The summed E-state index contributed by atoms with van der Waals surface area (Å²) in [4.78, 5) is 0. The quantitative estimate of drug-likeness (QED) is 0.178. The van der Waals surface area contributed by atoms with Crippen LogP contribution in [-0.2, 0) is 56.8 Å². The summed E-state index contributed by atoms with van der Waals surface area (Å²) < 4.78 is 98.5. The third-order valence-electron chi connectivity index (χ3n) is 10.6. The van der Waals surface area contributed by atoms with Gasteiger partial charge in [0, 0.05) is 61.9 Å². The molecule has 0 amide bonds. The lowest BCUT2D eigenvalue weighted by Gasteiger charge is -2.14. The first kappa shape index (κ1) is 58.1. The van der Waals surface area contributed by atoms with E-state index in [0.29, 0.717) is 13.0 Å². The van der Waals surface area contributed by atoms with Crippen LogP contribution in [-0.4, -0.2) is 228 Å². The highest BCUT2D eigenvalue weighted by molar-refractivity contribution is 4.90. The van der Waals surface area contributed by atoms with Crippen molar-refractivity contribution in [2.45, 2.75) is 190 Å². The zero-order chi connectivity index (χ0) is 46.6. The molecule has 0 saturated carbocycles. The van der Waals surface area contributed by atoms with Gasteiger partial charge in [-0.25, -0.2) is 13.2 Å². The van der Waals surface area contributed by atoms with E-state index in [1.54, 1.807) is 35.0 Å². The lowest BCUT2D eigenvalue weighted by atomic mass is 10.1. The van der Waals surface area contributed by atoms with Crippen LogP contribution in [0.1, 0.15) is 60.8 Å². The van der Waals surface area contributed by atoms with Gasteiger partial charge in [0.1, 0.15) is 48.8 Å². The van der Waals surface area contributed by atoms with Crippen LogP contribution < -0.4 is 0 Å². The molecular weight excluding hydrogens is 825 g/mol. The molecule has 6 aliphatic rings. The van der Waals surface area contributed by atoms with E-state index in [1.807, 2.05) is 20.8 Å². The van der Waals surface area contributed by atoms with Crippen LogP contribution in [0.5, 0.6) is 0 Å². The Balaban J connectivity index is 0.000000366.